The van der Waals surface area contributed by atoms with Gasteiger partial charge in [-0.05, 0) is 18.3 Å². The minimum atomic E-state index is 0.754. The summed E-state index contributed by atoms with van der Waals surface area (Å²) in [5.74, 6) is 1.64. The van der Waals surface area contributed by atoms with E-state index in [1.165, 1.54) is 116 Å². The van der Waals surface area contributed by atoms with E-state index in [2.05, 4.69) is 45.2 Å². The molecule has 0 aliphatic carbocycles. The highest BCUT2D eigenvalue weighted by Crippen LogP contribution is 2.16. The van der Waals surface area contributed by atoms with Crippen LogP contribution in [0, 0.1) is 11.8 Å². The van der Waals surface area contributed by atoms with Crippen LogP contribution in [0.5, 0.6) is 0 Å². The molecular formula is C27H55NS2. The van der Waals surface area contributed by atoms with E-state index in [-0.39, 0.29) is 0 Å². The number of unbranched alkanes of at least 4 members (excludes halogenated alkanes) is 14. The number of hydrogen-bond donors (Lipinski definition) is 1. The van der Waals surface area contributed by atoms with Crippen LogP contribution in [0.3, 0.4) is 0 Å². The molecule has 0 aromatic heterocycles. The summed E-state index contributed by atoms with van der Waals surface area (Å²) in [6, 6.07) is 0. The molecule has 0 saturated heterocycles. The second kappa shape index (κ2) is 22.4. The zero-order chi connectivity index (χ0) is 22.5. The lowest BCUT2D eigenvalue weighted by molar-refractivity contribution is 0.325. The molecule has 0 aromatic rings. The van der Waals surface area contributed by atoms with Crippen LogP contribution in [-0.2, 0) is 0 Å². The Morgan fingerprint density at radius 3 is 1.37 bits per heavy atom. The summed E-state index contributed by atoms with van der Waals surface area (Å²) in [6.45, 7) is 11.4. The highest BCUT2D eigenvalue weighted by atomic mass is 32.1. The molecule has 0 radical (unpaired) electrons. The van der Waals surface area contributed by atoms with Crippen LogP contribution >= 0.6 is 24.8 Å². The zero-order valence-corrected chi connectivity index (χ0v) is 22.8. The predicted molar refractivity (Wildman–Crippen MR) is 146 cm³/mol. The molecule has 0 heterocycles. The highest BCUT2D eigenvalue weighted by molar-refractivity contribution is 8.10. The van der Waals surface area contributed by atoms with Crippen LogP contribution in [-0.4, -0.2) is 22.3 Å². The van der Waals surface area contributed by atoms with E-state index in [0.717, 1.165) is 29.2 Å². The predicted octanol–water partition coefficient (Wildman–Crippen LogP) is 9.84. The molecule has 30 heavy (non-hydrogen) atoms. The van der Waals surface area contributed by atoms with Gasteiger partial charge in [0.25, 0.3) is 0 Å². The number of nitrogens with zero attached hydrogens (tertiary/aromatic N) is 1. The SMILES string of the molecule is CCC(CC)CN(CCCCCCCCCCCCCCCCCC(C)C)C(=S)S. The Morgan fingerprint density at radius 2 is 1.03 bits per heavy atom. The summed E-state index contributed by atoms with van der Waals surface area (Å²) in [5, 5.41) is 0. The van der Waals surface area contributed by atoms with E-state index in [1.807, 2.05) is 0 Å². The van der Waals surface area contributed by atoms with Crippen molar-refractivity contribution in [2.45, 2.75) is 143 Å². The average Bonchev–Trinajstić information content (AvgIpc) is 2.72. The average molecular weight is 458 g/mol. The summed E-state index contributed by atoms with van der Waals surface area (Å²) in [4.78, 5) is 2.32. The summed E-state index contributed by atoms with van der Waals surface area (Å²) >= 11 is 9.78. The number of thiol groups is 1. The molecule has 1 nitrogen and oxygen atoms in total. The van der Waals surface area contributed by atoms with Crippen molar-refractivity contribution in [1.82, 2.24) is 4.90 Å². The Balaban J connectivity index is 3.36. The third kappa shape index (κ3) is 20.2. The Hall–Kier alpha value is 0.240. The largest absolute Gasteiger partial charge is 0.357 e. The molecule has 180 valence electrons. The molecule has 0 aliphatic rings. The smallest absolute Gasteiger partial charge is 0.133 e. The Bertz CT molecular complexity index is 366. The summed E-state index contributed by atoms with van der Waals surface area (Å²) in [5.41, 5.74) is 0. The fourth-order valence-electron chi connectivity index (χ4n) is 4.28. The lowest BCUT2D eigenvalue weighted by atomic mass is 10.0. The Labute approximate surface area is 202 Å². The van der Waals surface area contributed by atoms with Crippen LogP contribution in [0.1, 0.15) is 143 Å². The van der Waals surface area contributed by atoms with Gasteiger partial charge in [0.05, 0.1) is 0 Å². The van der Waals surface area contributed by atoms with Gasteiger partial charge in [-0.25, -0.2) is 0 Å². The van der Waals surface area contributed by atoms with Gasteiger partial charge in [0, 0.05) is 13.1 Å². The topological polar surface area (TPSA) is 3.24 Å². The lowest BCUT2D eigenvalue weighted by Gasteiger charge is -2.27. The van der Waals surface area contributed by atoms with E-state index >= 15 is 0 Å². The fourth-order valence-corrected chi connectivity index (χ4v) is 4.62. The highest BCUT2D eigenvalue weighted by Gasteiger charge is 2.11. The van der Waals surface area contributed by atoms with Crippen molar-refractivity contribution >= 4 is 29.2 Å². The van der Waals surface area contributed by atoms with E-state index in [0.29, 0.717) is 0 Å². The van der Waals surface area contributed by atoms with Gasteiger partial charge in [-0.1, -0.05) is 149 Å². The van der Waals surface area contributed by atoms with Gasteiger partial charge in [-0.15, -0.1) is 12.6 Å². The molecule has 0 rings (SSSR count). The molecule has 3 heteroatoms. The first-order valence-corrected chi connectivity index (χ1v) is 14.3. The molecule has 0 aromatic carbocycles. The minimum Gasteiger partial charge on any atom is -0.357 e. The van der Waals surface area contributed by atoms with Crippen LogP contribution in [0.2, 0.25) is 0 Å². The Morgan fingerprint density at radius 1 is 0.667 bits per heavy atom. The Kier molecular flexibility index (Phi) is 22.6. The molecule has 0 saturated carbocycles. The normalized spacial score (nSPS) is 11.6. The van der Waals surface area contributed by atoms with Gasteiger partial charge in [-0.3, -0.25) is 0 Å². The van der Waals surface area contributed by atoms with Gasteiger partial charge in [0.15, 0.2) is 0 Å². The maximum absolute atomic E-state index is 5.34. The molecule has 0 bridgehead atoms. The second-order valence-corrected chi connectivity index (χ2v) is 11.0. The molecule has 0 amide bonds. The summed E-state index contributed by atoms with van der Waals surface area (Å²) in [7, 11) is 0. The van der Waals surface area contributed by atoms with Gasteiger partial charge >= 0.3 is 0 Å². The second-order valence-electron chi connectivity index (χ2n) is 9.90. The van der Waals surface area contributed by atoms with Gasteiger partial charge in [0.2, 0.25) is 0 Å². The minimum absolute atomic E-state index is 0.754. The number of hydrogen-bond acceptors (Lipinski definition) is 1. The quantitative estimate of drug-likeness (QED) is 0.0978. The van der Waals surface area contributed by atoms with Gasteiger partial charge in [-0.2, -0.15) is 0 Å². The van der Waals surface area contributed by atoms with Crippen molar-refractivity contribution in [3.8, 4) is 0 Å². The van der Waals surface area contributed by atoms with Crippen molar-refractivity contribution in [1.29, 1.82) is 0 Å². The molecule has 0 unspecified atom stereocenters. The fraction of sp³-hybridized carbons (Fsp3) is 0.963. The first kappa shape index (κ1) is 30.2. The molecular weight excluding hydrogens is 402 g/mol. The van der Waals surface area contributed by atoms with Gasteiger partial charge in [0.1, 0.15) is 4.32 Å². The van der Waals surface area contributed by atoms with Gasteiger partial charge < -0.3 is 4.90 Å². The van der Waals surface area contributed by atoms with Crippen molar-refractivity contribution in [3.05, 3.63) is 0 Å². The summed E-state index contributed by atoms with van der Waals surface area (Å²) in [6.07, 6.45) is 25.3. The van der Waals surface area contributed by atoms with Crippen molar-refractivity contribution < 1.29 is 0 Å². The lowest BCUT2D eigenvalue weighted by Crippen LogP contribution is -2.32. The zero-order valence-electron chi connectivity index (χ0n) is 21.1. The van der Waals surface area contributed by atoms with Crippen molar-refractivity contribution in [2.75, 3.05) is 13.1 Å². The molecule has 0 aliphatic heterocycles. The monoisotopic (exact) mass is 457 g/mol. The molecule has 0 spiro atoms. The number of rotatable bonds is 22. The summed E-state index contributed by atoms with van der Waals surface area (Å²) < 4.78 is 0.785. The van der Waals surface area contributed by atoms with E-state index in [1.54, 1.807) is 0 Å². The third-order valence-electron chi connectivity index (χ3n) is 6.61. The number of thiocarbonyl (C=S) groups is 1. The van der Waals surface area contributed by atoms with Crippen LogP contribution in [0.25, 0.3) is 0 Å². The maximum Gasteiger partial charge on any atom is 0.133 e. The van der Waals surface area contributed by atoms with Crippen molar-refractivity contribution in [3.63, 3.8) is 0 Å². The maximum atomic E-state index is 5.34. The molecule has 0 N–H and O–H groups in total. The third-order valence-corrected chi connectivity index (χ3v) is 7.15. The van der Waals surface area contributed by atoms with Crippen LogP contribution in [0.15, 0.2) is 0 Å². The van der Waals surface area contributed by atoms with E-state index in [9.17, 15) is 0 Å². The molecule has 0 fully saturated rings. The van der Waals surface area contributed by atoms with Crippen LogP contribution < -0.4 is 0 Å². The standard InChI is InChI=1S/C27H55NS2/c1-5-26(6-2)24-28(27(29)30)23-21-19-17-15-13-11-9-7-8-10-12-14-16-18-20-22-25(3)4/h25-26H,5-24H2,1-4H3,(H,29,30). The molecule has 0 atom stereocenters. The van der Waals surface area contributed by atoms with Crippen molar-refractivity contribution in [2.24, 2.45) is 11.8 Å². The van der Waals surface area contributed by atoms with E-state index in [4.69, 9.17) is 12.2 Å². The first-order valence-electron chi connectivity index (χ1n) is 13.5. The van der Waals surface area contributed by atoms with E-state index < -0.39 is 0 Å². The van der Waals surface area contributed by atoms with Crippen LogP contribution in [0.4, 0.5) is 0 Å². The first-order chi connectivity index (χ1) is 14.5.